The first-order chi connectivity index (χ1) is 13.0. The average molecular weight is 532 g/mol. The van der Waals surface area contributed by atoms with Crippen molar-refractivity contribution >= 4 is 67.5 Å². The molecule has 27 heavy (non-hydrogen) atoms. The number of rotatable bonds is 6. The Bertz CT molecular complexity index is 818. The summed E-state index contributed by atoms with van der Waals surface area (Å²) < 4.78 is 7.06. The van der Waals surface area contributed by atoms with Crippen molar-refractivity contribution in [1.29, 1.82) is 0 Å². The number of hydrazone groups is 1. The van der Waals surface area contributed by atoms with Crippen LogP contribution in [-0.4, -0.2) is 35.3 Å². The molecule has 0 radical (unpaired) electrons. The van der Waals surface area contributed by atoms with Crippen molar-refractivity contribution in [1.82, 2.24) is 5.43 Å². The number of hydrogen-bond acceptors (Lipinski definition) is 6. The fraction of sp³-hybridized carbons (Fsp3) is 0.222. The van der Waals surface area contributed by atoms with Crippen LogP contribution in [0.4, 0.5) is 0 Å². The number of carbonyl (C=O) groups is 1. The maximum absolute atomic E-state index is 11.9. The van der Waals surface area contributed by atoms with Gasteiger partial charge < -0.3 is 9.84 Å². The summed E-state index contributed by atoms with van der Waals surface area (Å²) in [4.78, 5) is 11.9. The van der Waals surface area contributed by atoms with Gasteiger partial charge in [0, 0.05) is 11.5 Å². The molecule has 1 amide bonds. The van der Waals surface area contributed by atoms with Crippen LogP contribution in [0.2, 0.25) is 0 Å². The minimum atomic E-state index is -0.353. The monoisotopic (exact) mass is 530 g/mol. The van der Waals surface area contributed by atoms with Crippen molar-refractivity contribution in [3.8, 4) is 11.5 Å². The van der Waals surface area contributed by atoms with Gasteiger partial charge in [0.15, 0.2) is 6.61 Å². The number of phenols is 1. The first kappa shape index (κ1) is 20.6. The summed E-state index contributed by atoms with van der Waals surface area (Å²) in [5.74, 6) is 2.78. The van der Waals surface area contributed by atoms with E-state index in [1.165, 1.54) is 23.3 Å². The van der Waals surface area contributed by atoms with Gasteiger partial charge in [-0.25, -0.2) is 5.43 Å². The number of aromatic hydroxyl groups is 1. The number of nitrogens with one attached hydrogen (secondary N) is 1. The zero-order valence-electron chi connectivity index (χ0n) is 14.0. The third-order valence-electron chi connectivity index (χ3n) is 3.59. The second-order valence-electron chi connectivity index (χ2n) is 5.56. The highest BCUT2D eigenvalue weighted by Gasteiger charge is 2.17. The Morgan fingerprint density at radius 1 is 1.22 bits per heavy atom. The molecule has 142 valence electrons. The molecule has 0 spiro atoms. The van der Waals surface area contributed by atoms with Crippen LogP contribution in [0.1, 0.15) is 15.7 Å². The number of phenolic OH excluding ortho intramolecular Hbond substituents is 1. The molecule has 0 saturated carbocycles. The minimum Gasteiger partial charge on any atom is -0.506 e. The SMILES string of the molecule is O=C(COc1ccc(C2SCCS2)cc1)NN=Cc1cc(Br)c(O)c(Br)c1. The second kappa shape index (κ2) is 9.86. The molecule has 2 aromatic rings. The molecule has 2 N–H and O–H groups in total. The summed E-state index contributed by atoms with van der Waals surface area (Å²) in [5.41, 5.74) is 4.40. The molecule has 2 aromatic carbocycles. The van der Waals surface area contributed by atoms with Crippen LogP contribution in [0.25, 0.3) is 0 Å². The molecule has 0 aromatic heterocycles. The number of ether oxygens (including phenoxy) is 1. The van der Waals surface area contributed by atoms with Gasteiger partial charge in [-0.15, -0.1) is 23.5 Å². The summed E-state index contributed by atoms with van der Waals surface area (Å²) in [6.07, 6.45) is 1.48. The number of halogens is 2. The molecule has 0 atom stereocenters. The highest BCUT2D eigenvalue weighted by Crippen LogP contribution is 2.45. The lowest BCUT2D eigenvalue weighted by Crippen LogP contribution is -2.24. The van der Waals surface area contributed by atoms with Gasteiger partial charge >= 0.3 is 0 Å². The van der Waals surface area contributed by atoms with Gasteiger partial charge in [0.05, 0.1) is 19.7 Å². The van der Waals surface area contributed by atoms with Crippen molar-refractivity contribution in [3.63, 3.8) is 0 Å². The van der Waals surface area contributed by atoms with E-state index >= 15 is 0 Å². The van der Waals surface area contributed by atoms with Crippen LogP contribution in [0, 0.1) is 0 Å². The Morgan fingerprint density at radius 3 is 2.48 bits per heavy atom. The Hall–Kier alpha value is -1.16. The van der Waals surface area contributed by atoms with Gasteiger partial charge in [-0.05, 0) is 67.3 Å². The Balaban J connectivity index is 1.46. The largest absolute Gasteiger partial charge is 0.506 e. The normalized spacial score (nSPS) is 14.6. The zero-order chi connectivity index (χ0) is 19.2. The standard InChI is InChI=1S/C18H16Br2N2O3S2/c19-14-7-11(8-15(20)17(14)24)9-21-22-16(23)10-25-13-3-1-12(2-4-13)18-26-5-6-27-18/h1-4,7-9,18,24H,5-6,10H2,(H,22,23). The molecule has 1 aliphatic rings. The van der Waals surface area contributed by atoms with Crippen LogP contribution in [0.15, 0.2) is 50.4 Å². The first-order valence-corrected chi connectivity index (χ1v) is 11.7. The van der Waals surface area contributed by atoms with Crippen molar-refractivity contribution in [2.75, 3.05) is 18.1 Å². The number of thioether (sulfide) groups is 2. The van der Waals surface area contributed by atoms with E-state index in [0.717, 1.165) is 0 Å². The highest BCUT2D eigenvalue weighted by molar-refractivity contribution is 9.11. The lowest BCUT2D eigenvalue weighted by atomic mass is 10.2. The van der Waals surface area contributed by atoms with E-state index in [1.807, 2.05) is 47.8 Å². The fourth-order valence-electron chi connectivity index (χ4n) is 2.29. The summed E-state index contributed by atoms with van der Waals surface area (Å²) in [6.45, 7) is -0.118. The van der Waals surface area contributed by atoms with Crippen LogP contribution < -0.4 is 10.2 Å². The van der Waals surface area contributed by atoms with Crippen molar-refractivity contribution in [2.24, 2.45) is 5.10 Å². The topological polar surface area (TPSA) is 70.9 Å². The van der Waals surface area contributed by atoms with E-state index in [0.29, 0.717) is 24.8 Å². The highest BCUT2D eigenvalue weighted by atomic mass is 79.9. The van der Waals surface area contributed by atoms with Crippen LogP contribution in [-0.2, 0) is 4.79 Å². The van der Waals surface area contributed by atoms with Crippen molar-refractivity contribution in [2.45, 2.75) is 4.58 Å². The van der Waals surface area contributed by atoms with Crippen molar-refractivity contribution < 1.29 is 14.6 Å². The van der Waals surface area contributed by atoms with Crippen LogP contribution in [0.5, 0.6) is 11.5 Å². The number of hydrogen-bond donors (Lipinski definition) is 2. The third-order valence-corrected chi connectivity index (χ3v) is 7.90. The molecule has 0 unspecified atom stereocenters. The lowest BCUT2D eigenvalue weighted by Gasteiger charge is -2.10. The van der Waals surface area contributed by atoms with Crippen LogP contribution >= 0.6 is 55.4 Å². The molecule has 1 fully saturated rings. The van der Waals surface area contributed by atoms with Gasteiger partial charge in [-0.1, -0.05) is 12.1 Å². The number of amides is 1. The minimum absolute atomic E-state index is 0.112. The smallest absolute Gasteiger partial charge is 0.277 e. The molecule has 1 aliphatic heterocycles. The summed E-state index contributed by atoms with van der Waals surface area (Å²) in [6, 6.07) is 11.2. The fourth-order valence-corrected chi connectivity index (χ4v) is 6.37. The van der Waals surface area contributed by atoms with Gasteiger partial charge in [-0.2, -0.15) is 5.10 Å². The average Bonchev–Trinajstić information content (AvgIpc) is 3.19. The zero-order valence-corrected chi connectivity index (χ0v) is 18.8. The maximum atomic E-state index is 11.9. The maximum Gasteiger partial charge on any atom is 0.277 e. The van der Waals surface area contributed by atoms with E-state index in [2.05, 4.69) is 42.4 Å². The summed E-state index contributed by atoms with van der Waals surface area (Å²) >= 11 is 10.4. The predicted molar refractivity (Wildman–Crippen MR) is 119 cm³/mol. The first-order valence-electron chi connectivity index (χ1n) is 7.99. The molecule has 3 rings (SSSR count). The van der Waals surface area contributed by atoms with E-state index in [9.17, 15) is 9.90 Å². The number of benzene rings is 2. The van der Waals surface area contributed by atoms with Crippen LogP contribution in [0.3, 0.4) is 0 Å². The van der Waals surface area contributed by atoms with Crippen molar-refractivity contribution in [3.05, 3.63) is 56.5 Å². The van der Waals surface area contributed by atoms with Gasteiger partial charge in [0.1, 0.15) is 11.5 Å². The van der Waals surface area contributed by atoms with Gasteiger partial charge in [-0.3, -0.25) is 4.79 Å². The molecule has 0 bridgehead atoms. The molecule has 1 saturated heterocycles. The number of nitrogens with zero attached hydrogens (tertiary/aromatic N) is 1. The Morgan fingerprint density at radius 2 is 1.85 bits per heavy atom. The molecule has 0 aliphatic carbocycles. The predicted octanol–water partition coefficient (Wildman–Crippen LogP) is 4.92. The molecule has 9 heteroatoms. The number of carbonyl (C=O) groups excluding carboxylic acids is 1. The summed E-state index contributed by atoms with van der Waals surface area (Å²) in [5, 5.41) is 13.6. The van der Waals surface area contributed by atoms with E-state index < -0.39 is 0 Å². The quantitative estimate of drug-likeness (QED) is 0.408. The second-order valence-corrected chi connectivity index (χ2v) is 9.99. The summed E-state index contributed by atoms with van der Waals surface area (Å²) in [7, 11) is 0. The van der Waals surface area contributed by atoms with E-state index in [1.54, 1.807) is 12.1 Å². The molecule has 1 heterocycles. The van der Waals surface area contributed by atoms with Gasteiger partial charge in [0.2, 0.25) is 0 Å². The Kier molecular flexibility index (Phi) is 7.51. The molecular weight excluding hydrogens is 516 g/mol. The third kappa shape index (κ3) is 5.91. The molecular formula is C18H16Br2N2O3S2. The lowest BCUT2D eigenvalue weighted by molar-refractivity contribution is -0.123. The Labute approximate surface area is 182 Å². The van der Waals surface area contributed by atoms with E-state index in [-0.39, 0.29) is 18.3 Å². The van der Waals surface area contributed by atoms with E-state index in [4.69, 9.17) is 4.74 Å². The molecule has 5 nitrogen and oxygen atoms in total. The van der Waals surface area contributed by atoms with Gasteiger partial charge in [0.25, 0.3) is 5.91 Å².